The van der Waals surface area contributed by atoms with Crippen LogP contribution in [-0.4, -0.2) is 22.7 Å². The smallest absolute Gasteiger partial charge is 0.159 e. The van der Waals surface area contributed by atoms with Crippen molar-refractivity contribution in [3.63, 3.8) is 0 Å². The molecule has 36 heavy (non-hydrogen) atoms. The van der Waals surface area contributed by atoms with Crippen LogP contribution in [0.15, 0.2) is 36.7 Å². The van der Waals surface area contributed by atoms with Gasteiger partial charge in [-0.2, -0.15) is 0 Å². The van der Waals surface area contributed by atoms with Gasteiger partial charge in [0.25, 0.3) is 0 Å². The summed E-state index contributed by atoms with van der Waals surface area (Å²) >= 11 is 0. The van der Waals surface area contributed by atoms with E-state index < -0.39 is 6.17 Å². The minimum atomic E-state index is -0.913. The molecule has 0 N–H and O–H groups in total. The van der Waals surface area contributed by atoms with Crippen molar-refractivity contribution in [1.29, 1.82) is 0 Å². The molecule has 0 bridgehead atoms. The Balaban J connectivity index is 1.63. The van der Waals surface area contributed by atoms with Gasteiger partial charge in [0.2, 0.25) is 0 Å². The van der Waals surface area contributed by atoms with E-state index >= 15 is 0 Å². The molecule has 2 atom stereocenters. The van der Waals surface area contributed by atoms with Crippen molar-refractivity contribution in [1.82, 2.24) is 9.97 Å². The second-order valence-corrected chi connectivity index (χ2v) is 10.6. The molecule has 0 fully saturated rings. The highest BCUT2D eigenvalue weighted by Crippen LogP contribution is 2.21. The van der Waals surface area contributed by atoms with Crippen LogP contribution in [0.4, 0.5) is 4.39 Å². The maximum Gasteiger partial charge on any atom is 0.159 e. The molecule has 2 aromatic rings. The summed E-state index contributed by atoms with van der Waals surface area (Å²) in [4.78, 5) is 9.12. The summed E-state index contributed by atoms with van der Waals surface area (Å²) in [6.07, 6.45) is 22.4. The average molecular weight is 499 g/mol. The topological polar surface area (TPSA) is 35.0 Å². The van der Waals surface area contributed by atoms with Gasteiger partial charge >= 0.3 is 0 Å². The summed E-state index contributed by atoms with van der Waals surface area (Å²) in [5.41, 5.74) is 2.16. The SMILES string of the molecule is CCCCCCCCCCc1cnc(-c2ccc(OCC(F)CCCC(C)CCCCC)cc2)nc1. The van der Waals surface area contributed by atoms with Gasteiger partial charge in [-0.3, -0.25) is 0 Å². The van der Waals surface area contributed by atoms with Crippen LogP contribution in [0.2, 0.25) is 0 Å². The Labute approximate surface area is 220 Å². The highest BCUT2D eigenvalue weighted by atomic mass is 19.1. The first-order valence-corrected chi connectivity index (χ1v) is 14.8. The Morgan fingerprint density at radius 2 is 1.31 bits per heavy atom. The van der Waals surface area contributed by atoms with E-state index in [1.54, 1.807) is 0 Å². The lowest BCUT2D eigenvalue weighted by Gasteiger charge is -2.13. The zero-order valence-corrected chi connectivity index (χ0v) is 23.3. The zero-order valence-electron chi connectivity index (χ0n) is 23.3. The summed E-state index contributed by atoms with van der Waals surface area (Å²) in [6.45, 7) is 6.90. The van der Waals surface area contributed by atoms with Gasteiger partial charge in [0, 0.05) is 18.0 Å². The summed E-state index contributed by atoms with van der Waals surface area (Å²) in [5.74, 6) is 2.11. The van der Waals surface area contributed by atoms with Crippen LogP contribution in [0.1, 0.15) is 123 Å². The number of nitrogens with zero attached hydrogens (tertiary/aromatic N) is 2. The number of benzene rings is 1. The molecule has 4 heteroatoms. The minimum Gasteiger partial charge on any atom is -0.491 e. The number of alkyl halides is 1. The zero-order chi connectivity index (χ0) is 25.8. The Kier molecular flexibility index (Phi) is 16.1. The number of hydrogen-bond acceptors (Lipinski definition) is 3. The minimum absolute atomic E-state index is 0.119. The molecule has 0 amide bonds. The van der Waals surface area contributed by atoms with E-state index in [4.69, 9.17) is 4.74 Å². The molecular formula is C32H51FN2O. The van der Waals surface area contributed by atoms with E-state index in [-0.39, 0.29) is 6.61 Å². The van der Waals surface area contributed by atoms with Crippen LogP contribution in [-0.2, 0) is 6.42 Å². The van der Waals surface area contributed by atoms with Crippen molar-refractivity contribution < 1.29 is 9.13 Å². The second-order valence-electron chi connectivity index (χ2n) is 10.6. The summed E-state index contributed by atoms with van der Waals surface area (Å²) in [7, 11) is 0. The standard InChI is InChI=1S/C32H51FN2O/c1-4-6-8-9-10-11-12-14-18-28-24-34-32(35-25-28)29-20-22-31(23-21-29)36-26-30(33)19-15-17-27(3)16-13-7-5-2/h20-25,27,30H,4-19,26H2,1-3H3. The molecule has 1 heterocycles. The number of unbranched alkanes of at least 4 members (excludes halogenated alkanes) is 9. The van der Waals surface area contributed by atoms with Gasteiger partial charge in [-0.25, -0.2) is 14.4 Å². The molecule has 0 spiro atoms. The molecule has 3 nitrogen and oxygen atoms in total. The van der Waals surface area contributed by atoms with Crippen LogP contribution in [0.3, 0.4) is 0 Å². The van der Waals surface area contributed by atoms with Gasteiger partial charge in [0.1, 0.15) is 18.5 Å². The van der Waals surface area contributed by atoms with E-state index in [0.29, 0.717) is 18.1 Å². The fraction of sp³-hybridized carbons (Fsp3) is 0.688. The Morgan fingerprint density at radius 3 is 1.97 bits per heavy atom. The van der Waals surface area contributed by atoms with Crippen LogP contribution in [0.5, 0.6) is 5.75 Å². The van der Waals surface area contributed by atoms with E-state index in [1.165, 1.54) is 82.6 Å². The number of ether oxygens (including phenoxy) is 1. The van der Waals surface area contributed by atoms with Crippen LogP contribution >= 0.6 is 0 Å². The maximum absolute atomic E-state index is 14.3. The lowest BCUT2D eigenvalue weighted by Crippen LogP contribution is -2.13. The molecule has 0 radical (unpaired) electrons. The Bertz CT molecular complexity index is 778. The predicted octanol–water partition coefficient (Wildman–Crippen LogP) is 9.93. The van der Waals surface area contributed by atoms with Crippen molar-refractivity contribution in [2.45, 2.75) is 130 Å². The lowest BCUT2D eigenvalue weighted by atomic mass is 9.97. The number of aryl methyl sites for hydroxylation is 1. The van der Waals surface area contributed by atoms with Crippen molar-refractivity contribution >= 4 is 0 Å². The molecule has 0 aliphatic heterocycles. The highest BCUT2D eigenvalue weighted by Gasteiger charge is 2.10. The largest absolute Gasteiger partial charge is 0.491 e. The van der Waals surface area contributed by atoms with E-state index in [1.807, 2.05) is 36.7 Å². The number of halogens is 1. The molecule has 0 aliphatic carbocycles. The summed E-state index contributed by atoms with van der Waals surface area (Å²) in [6, 6.07) is 7.67. The third kappa shape index (κ3) is 13.4. The predicted molar refractivity (Wildman–Crippen MR) is 151 cm³/mol. The maximum atomic E-state index is 14.3. The number of hydrogen-bond donors (Lipinski definition) is 0. The van der Waals surface area contributed by atoms with Gasteiger partial charge < -0.3 is 4.74 Å². The molecule has 1 aromatic heterocycles. The summed E-state index contributed by atoms with van der Waals surface area (Å²) < 4.78 is 20.0. The van der Waals surface area contributed by atoms with Crippen molar-refractivity contribution in [3.8, 4) is 17.1 Å². The Hall–Kier alpha value is -1.97. The normalized spacial score (nSPS) is 13.0. The van der Waals surface area contributed by atoms with Gasteiger partial charge in [0.15, 0.2) is 5.82 Å². The number of aromatic nitrogens is 2. The van der Waals surface area contributed by atoms with Gasteiger partial charge in [0.05, 0.1) is 0 Å². The molecule has 0 saturated heterocycles. The molecular weight excluding hydrogens is 447 g/mol. The molecule has 2 unspecified atom stereocenters. The van der Waals surface area contributed by atoms with Gasteiger partial charge in [-0.05, 0) is 55.0 Å². The quantitative estimate of drug-likeness (QED) is 0.161. The Morgan fingerprint density at radius 1 is 0.722 bits per heavy atom. The fourth-order valence-corrected chi connectivity index (χ4v) is 4.64. The van der Waals surface area contributed by atoms with Gasteiger partial charge in [-0.1, -0.05) is 104 Å². The molecule has 0 saturated carbocycles. The highest BCUT2D eigenvalue weighted by molar-refractivity contribution is 5.55. The fourth-order valence-electron chi connectivity index (χ4n) is 4.64. The first kappa shape index (κ1) is 30.3. The van der Waals surface area contributed by atoms with E-state index in [9.17, 15) is 4.39 Å². The van der Waals surface area contributed by atoms with Crippen LogP contribution in [0.25, 0.3) is 11.4 Å². The van der Waals surface area contributed by atoms with E-state index in [2.05, 4.69) is 30.7 Å². The molecule has 0 aliphatic rings. The lowest BCUT2D eigenvalue weighted by molar-refractivity contribution is 0.182. The van der Waals surface area contributed by atoms with Crippen molar-refractivity contribution in [2.75, 3.05) is 6.61 Å². The van der Waals surface area contributed by atoms with Crippen LogP contribution < -0.4 is 4.74 Å². The third-order valence-electron chi connectivity index (χ3n) is 7.08. The van der Waals surface area contributed by atoms with Crippen molar-refractivity contribution in [3.05, 3.63) is 42.2 Å². The second kappa shape index (κ2) is 19.2. The van der Waals surface area contributed by atoms with Crippen LogP contribution in [0, 0.1) is 5.92 Å². The summed E-state index contributed by atoms with van der Waals surface area (Å²) in [5, 5.41) is 0. The molecule has 202 valence electrons. The molecule has 1 aromatic carbocycles. The monoisotopic (exact) mass is 498 g/mol. The first-order valence-electron chi connectivity index (χ1n) is 14.8. The first-order chi connectivity index (χ1) is 17.6. The molecule has 2 rings (SSSR count). The number of rotatable bonds is 21. The average Bonchev–Trinajstić information content (AvgIpc) is 2.90. The van der Waals surface area contributed by atoms with Gasteiger partial charge in [-0.15, -0.1) is 0 Å². The van der Waals surface area contributed by atoms with Crippen molar-refractivity contribution in [2.24, 2.45) is 5.92 Å². The third-order valence-corrected chi connectivity index (χ3v) is 7.08. The van der Waals surface area contributed by atoms with E-state index in [0.717, 1.165) is 30.7 Å².